The molecule has 0 saturated carbocycles. The first kappa shape index (κ1) is 25.0. The van der Waals surface area contributed by atoms with E-state index in [0.29, 0.717) is 12.5 Å². The predicted octanol–water partition coefficient (Wildman–Crippen LogP) is 6.79. The average molecular weight is 376 g/mol. The van der Waals surface area contributed by atoms with Crippen LogP contribution in [0.2, 0.25) is 0 Å². The SMILES string of the molecule is CCCCCCCCC(CCCCCC)C[P+](=O)OCC[N+](C)(C)C. The van der Waals surface area contributed by atoms with E-state index in [1.807, 2.05) is 0 Å². The van der Waals surface area contributed by atoms with E-state index in [-0.39, 0.29) is 0 Å². The molecule has 0 amide bonds. The molecule has 150 valence electrons. The third-order valence-electron chi connectivity index (χ3n) is 4.84. The number of nitrogens with zero attached hydrogens (tertiary/aromatic N) is 1. The van der Waals surface area contributed by atoms with Crippen molar-refractivity contribution in [3.05, 3.63) is 0 Å². The third-order valence-corrected chi connectivity index (χ3v) is 6.12. The van der Waals surface area contributed by atoms with Gasteiger partial charge in [0.25, 0.3) is 0 Å². The predicted molar refractivity (Wildman–Crippen MR) is 112 cm³/mol. The van der Waals surface area contributed by atoms with Crippen molar-refractivity contribution in [2.45, 2.75) is 90.9 Å². The zero-order valence-electron chi connectivity index (χ0n) is 17.9. The van der Waals surface area contributed by atoms with Crippen molar-refractivity contribution in [3.8, 4) is 0 Å². The maximum atomic E-state index is 12.3. The molecule has 0 bridgehead atoms. The van der Waals surface area contributed by atoms with Gasteiger partial charge in [-0.25, -0.2) is 0 Å². The number of unbranched alkanes of at least 4 members (excludes halogenated alkanes) is 8. The van der Waals surface area contributed by atoms with Gasteiger partial charge in [-0.3, -0.25) is 0 Å². The Bertz CT molecular complexity index is 316. The van der Waals surface area contributed by atoms with E-state index < -0.39 is 8.03 Å². The van der Waals surface area contributed by atoms with Crippen LogP contribution in [0.4, 0.5) is 0 Å². The Labute approximate surface area is 159 Å². The molecular formula is C21H46NO2P+2. The molecule has 0 aliphatic carbocycles. The summed E-state index contributed by atoms with van der Waals surface area (Å²) in [6.07, 6.45) is 16.5. The smallest absolute Gasteiger partial charge is 0.329 e. The minimum atomic E-state index is -1.49. The van der Waals surface area contributed by atoms with Gasteiger partial charge in [0.15, 0.2) is 12.8 Å². The van der Waals surface area contributed by atoms with E-state index in [4.69, 9.17) is 4.52 Å². The average Bonchev–Trinajstić information content (AvgIpc) is 2.53. The number of hydrogen-bond acceptors (Lipinski definition) is 2. The van der Waals surface area contributed by atoms with Gasteiger partial charge in [-0.15, -0.1) is 4.52 Å². The largest absolute Gasteiger partial charge is 0.508 e. The number of likely N-dealkylation sites (N-methyl/N-ethyl adjacent to an activating group) is 1. The first-order chi connectivity index (χ1) is 11.9. The van der Waals surface area contributed by atoms with Crippen molar-refractivity contribution in [3.63, 3.8) is 0 Å². The monoisotopic (exact) mass is 375 g/mol. The van der Waals surface area contributed by atoms with Crippen LogP contribution in [-0.2, 0) is 9.09 Å². The minimum absolute atomic E-state index is 0.593. The summed E-state index contributed by atoms with van der Waals surface area (Å²) in [6.45, 7) is 6.05. The molecule has 0 rings (SSSR count). The van der Waals surface area contributed by atoms with Crippen LogP contribution in [0.25, 0.3) is 0 Å². The number of rotatable bonds is 18. The van der Waals surface area contributed by atoms with E-state index >= 15 is 0 Å². The van der Waals surface area contributed by atoms with Gasteiger partial charge in [0.1, 0.15) is 6.54 Å². The summed E-state index contributed by atoms with van der Waals surface area (Å²) < 4.78 is 18.8. The van der Waals surface area contributed by atoms with E-state index in [9.17, 15) is 4.57 Å². The van der Waals surface area contributed by atoms with E-state index in [0.717, 1.165) is 17.2 Å². The molecule has 0 aromatic carbocycles. The summed E-state index contributed by atoms with van der Waals surface area (Å²) in [5.41, 5.74) is 0. The lowest BCUT2D eigenvalue weighted by molar-refractivity contribution is -0.870. The fourth-order valence-electron chi connectivity index (χ4n) is 3.08. The summed E-state index contributed by atoms with van der Waals surface area (Å²) >= 11 is 0. The first-order valence-electron chi connectivity index (χ1n) is 10.8. The molecule has 4 heteroatoms. The lowest BCUT2D eigenvalue weighted by Gasteiger charge is -2.22. The van der Waals surface area contributed by atoms with Crippen molar-refractivity contribution < 1.29 is 13.6 Å². The molecule has 0 spiro atoms. The zero-order chi connectivity index (χ0) is 19.0. The third kappa shape index (κ3) is 18.6. The van der Waals surface area contributed by atoms with Gasteiger partial charge >= 0.3 is 8.03 Å². The van der Waals surface area contributed by atoms with Crippen LogP contribution in [0.3, 0.4) is 0 Å². The van der Waals surface area contributed by atoms with Crippen LogP contribution in [0.1, 0.15) is 90.9 Å². The molecule has 2 atom stereocenters. The van der Waals surface area contributed by atoms with Crippen LogP contribution in [-0.4, -0.2) is 44.9 Å². The summed E-state index contributed by atoms with van der Waals surface area (Å²) in [5.74, 6) is 0.593. The molecule has 25 heavy (non-hydrogen) atoms. The second-order valence-corrected chi connectivity index (χ2v) is 9.92. The van der Waals surface area contributed by atoms with E-state index in [2.05, 4.69) is 35.0 Å². The fourth-order valence-corrected chi connectivity index (χ4v) is 4.26. The summed E-state index contributed by atoms with van der Waals surface area (Å²) in [5, 5.41) is 0. The Morgan fingerprint density at radius 3 is 1.80 bits per heavy atom. The lowest BCUT2D eigenvalue weighted by atomic mass is 9.96. The maximum absolute atomic E-state index is 12.3. The Morgan fingerprint density at radius 2 is 1.28 bits per heavy atom. The molecule has 0 saturated heterocycles. The van der Waals surface area contributed by atoms with Crippen molar-refractivity contribution in [2.75, 3.05) is 40.5 Å². The minimum Gasteiger partial charge on any atom is -0.329 e. The van der Waals surface area contributed by atoms with Crippen LogP contribution in [0.5, 0.6) is 0 Å². The Hall–Kier alpha value is 0.0200. The second kappa shape index (κ2) is 16.2. The molecule has 0 fully saturated rings. The van der Waals surface area contributed by atoms with Gasteiger partial charge in [0.2, 0.25) is 0 Å². The highest BCUT2D eigenvalue weighted by Gasteiger charge is 2.25. The highest BCUT2D eigenvalue weighted by molar-refractivity contribution is 7.39. The quantitative estimate of drug-likeness (QED) is 0.150. The Morgan fingerprint density at radius 1 is 0.800 bits per heavy atom. The van der Waals surface area contributed by atoms with Crippen LogP contribution >= 0.6 is 8.03 Å². The van der Waals surface area contributed by atoms with Gasteiger partial charge in [0, 0.05) is 5.92 Å². The van der Waals surface area contributed by atoms with Gasteiger partial charge in [-0.05, 0) is 17.4 Å². The molecule has 0 N–H and O–H groups in total. The molecule has 2 unspecified atom stereocenters. The van der Waals surface area contributed by atoms with Crippen LogP contribution < -0.4 is 0 Å². The van der Waals surface area contributed by atoms with Crippen molar-refractivity contribution in [1.82, 2.24) is 0 Å². The topological polar surface area (TPSA) is 26.3 Å². The summed E-state index contributed by atoms with van der Waals surface area (Å²) in [7, 11) is 4.95. The van der Waals surface area contributed by atoms with Crippen molar-refractivity contribution in [2.24, 2.45) is 5.92 Å². The molecule has 0 aliphatic heterocycles. The van der Waals surface area contributed by atoms with E-state index in [1.54, 1.807) is 0 Å². The molecule has 0 aliphatic rings. The Kier molecular flexibility index (Phi) is 16.2. The van der Waals surface area contributed by atoms with Gasteiger partial charge in [0.05, 0.1) is 21.1 Å². The first-order valence-corrected chi connectivity index (χ1v) is 12.1. The van der Waals surface area contributed by atoms with Crippen LogP contribution in [0, 0.1) is 5.92 Å². The number of hydrogen-bond donors (Lipinski definition) is 0. The summed E-state index contributed by atoms with van der Waals surface area (Å²) in [4.78, 5) is 0. The molecule has 0 aromatic heterocycles. The molecule has 0 heterocycles. The van der Waals surface area contributed by atoms with Crippen molar-refractivity contribution in [1.29, 1.82) is 0 Å². The normalized spacial score (nSPS) is 13.9. The lowest BCUT2D eigenvalue weighted by Crippen LogP contribution is -2.37. The zero-order valence-corrected chi connectivity index (χ0v) is 18.8. The van der Waals surface area contributed by atoms with Crippen LogP contribution in [0.15, 0.2) is 0 Å². The number of quaternary nitrogens is 1. The molecular weight excluding hydrogens is 329 g/mol. The summed E-state index contributed by atoms with van der Waals surface area (Å²) in [6, 6.07) is 0. The van der Waals surface area contributed by atoms with Gasteiger partial charge in [-0.2, -0.15) is 0 Å². The van der Waals surface area contributed by atoms with E-state index in [1.165, 1.54) is 77.0 Å². The molecule has 3 nitrogen and oxygen atoms in total. The second-order valence-electron chi connectivity index (χ2n) is 8.63. The fraction of sp³-hybridized carbons (Fsp3) is 1.00. The van der Waals surface area contributed by atoms with Crippen molar-refractivity contribution >= 4 is 8.03 Å². The van der Waals surface area contributed by atoms with Gasteiger partial charge < -0.3 is 4.48 Å². The van der Waals surface area contributed by atoms with Gasteiger partial charge in [-0.1, -0.05) is 78.1 Å². The molecule has 0 aromatic rings. The highest BCUT2D eigenvalue weighted by atomic mass is 31.1. The highest BCUT2D eigenvalue weighted by Crippen LogP contribution is 2.31. The maximum Gasteiger partial charge on any atom is 0.508 e. The Balaban J connectivity index is 4.07. The molecule has 0 radical (unpaired) electrons. The standard InChI is InChI=1S/C21H46NO2P/c1-6-8-10-12-13-15-17-21(16-14-11-9-7-2)20-25(23)24-19-18-22(3,4)5/h21H,6-20H2,1-5H3/q+2.